The van der Waals surface area contributed by atoms with E-state index in [1.165, 1.54) is 24.3 Å². The van der Waals surface area contributed by atoms with Gasteiger partial charge < -0.3 is 4.18 Å². The number of sulfonamides is 1. The predicted octanol–water partition coefficient (Wildman–Crippen LogP) is 2.92. The van der Waals surface area contributed by atoms with Crippen LogP contribution in [0.4, 0.5) is 0 Å². The fourth-order valence-corrected chi connectivity index (χ4v) is 3.79. The molecule has 0 radical (unpaired) electrons. The van der Waals surface area contributed by atoms with Crippen LogP contribution < -0.4 is 8.31 Å². The smallest absolute Gasteiger partial charge is 0.302 e. The van der Waals surface area contributed by atoms with E-state index in [9.17, 15) is 12.6 Å². The fraction of sp³-hybridized carbons (Fsp3) is 0. The van der Waals surface area contributed by atoms with Gasteiger partial charge in [0.15, 0.2) is 5.75 Å². The topological polar surface area (TPSA) is 72.5 Å². The first kappa shape index (κ1) is 16.7. The minimum atomic E-state index is -3.97. The highest BCUT2D eigenvalue weighted by Gasteiger charge is 2.19. The summed E-state index contributed by atoms with van der Waals surface area (Å²) in [5, 5.41) is 0.227. The molecule has 116 valence electrons. The van der Waals surface area contributed by atoms with Crippen LogP contribution in [0.1, 0.15) is 5.56 Å². The van der Waals surface area contributed by atoms with E-state index in [1.807, 2.05) is 4.13 Å². The molecule has 0 aliphatic heterocycles. The monoisotopic (exact) mass is 357 g/mol. The van der Waals surface area contributed by atoms with E-state index >= 15 is 0 Å². The Morgan fingerprint density at radius 3 is 2.36 bits per heavy atom. The van der Waals surface area contributed by atoms with Gasteiger partial charge in [-0.3, -0.25) is 0 Å². The second-order valence-corrected chi connectivity index (χ2v) is 7.30. The first-order chi connectivity index (χ1) is 10.4. The molecule has 1 N–H and O–H groups in total. The Bertz CT molecular complexity index is 804. The van der Waals surface area contributed by atoms with Crippen LogP contribution in [-0.2, 0) is 21.3 Å². The second-order valence-electron chi connectivity index (χ2n) is 4.11. The normalized spacial score (nSPS) is 12.6. The van der Waals surface area contributed by atoms with Crippen molar-refractivity contribution in [1.82, 2.24) is 4.13 Å². The lowest BCUT2D eigenvalue weighted by Gasteiger charge is -2.08. The van der Waals surface area contributed by atoms with Gasteiger partial charge >= 0.3 is 11.3 Å². The van der Waals surface area contributed by atoms with E-state index < -0.39 is 21.3 Å². The van der Waals surface area contributed by atoms with Crippen molar-refractivity contribution in [3.8, 4) is 5.75 Å². The lowest BCUT2D eigenvalue weighted by Crippen LogP contribution is -2.28. The van der Waals surface area contributed by atoms with Crippen LogP contribution in [0, 0.1) is 0 Å². The molecule has 8 heteroatoms. The van der Waals surface area contributed by atoms with E-state index in [2.05, 4.69) is 6.58 Å². The number of benzene rings is 2. The van der Waals surface area contributed by atoms with Gasteiger partial charge in [-0.05, 0) is 29.8 Å². The molecule has 1 unspecified atom stereocenters. The van der Waals surface area contributed by atoms with Gasteiger partial charge in [-0.2, -0.15) is 4.21 Å². The molecular weight excluding hydrogens is 346 g/mol. The summed E-state index contributed by atoms with van der Waals surface area (Å²) in [6.07, 6.45) is 1.59. The maximum Gasteiger partial charge on any atom is 0.302 e. The maximum atomic E-state index is 12.1. The third-order valence-corrected chi connectivity index (χ3v) is 5.56. The number of hydrogen-bond donors (Lipinski definition) is 1. The van der Waals surface area contributed by atoms with Gasteiger partial charge in [-0.1, -0.05) is 52.6 Å². The molecule has 0 aliphatic rings. The first-order valence-corrected chi connectivity index (χ1v) is 8.95. The molecule has 0 bridgehead atoms. The van der Waals surface area contributed by atoms with Gasteiger partial charge in [0.1, 0.15) is 0 Å². The number of hydrogen-bond acceptors (Lipinski definition) is 4. The molecule has 0 aliphatic carbocycles. The molecule has 0 amide bonds. The van der Waals surface area contributed by atoms with Crippen molar-refractivity contribution in [2.24, 2.45) is 0 Å². The lowest BCUT2D eigenvalue weighted by atomic mass is 10.2. The molecule has 0 saturated heterocycles. The Hall–Kier alpha value is -1.67. The molecule has 1 atom stereocenters. The van der Waals surface area contributed by atoms with E-state index in [1.54, 1.807) is 30.3 Å². The largest absolute Gasteiger partial charge is 0.387 e. The third kappa shape index (κ3) is 4.17. The van der Waals surface area contributed by atoms with Gasteiger partial charge in [0.05, 0.1) is 9.92 Å². The highest BCUT2D eigenvalue weighted by molar-refractivity contribution is 8.00. The molecule has 2 rings (SSSR count). The highest BCUT2D eigenvalue weighted by Crippen LogP contribution is 2.23. The zero-order valence-electron chi connectivity index (χ0n) is 11.2. The van der Waals surface area contributed by atoms with Gasteiger partial charge in [-0.25, -0.2) is 8.42 Å². The summed E-state index contributed by atoms with van der Waals surface area (Å²) in [6.45, 7) is 3.58. The van der Waals surface area contributed by atoms with Crippen molar-refractivity contribution in [2.45, 2.75) is 4.90 Å². The van der Waals surface area contributed by atoms with E-state index in [0.717, 1.165) is 5.56 Å². The van der Waals surface area contributed by atoms with Crippen LogP contribution in [0.3, 0.4) is 0 Å². The van der Waals surface area contributed by atoms with Crippen molar-refractivity contribution in [2.75, 3.05) is 0 Å². The Morgan fingerprint density at radius 1 is 1.14 bits per heavy atom. The van der Waals surface area contributed by atoms with Gasteiger partial charge in [0.2, 0.25) is 0 Å². The zero-order valence-corrected chi connectivity index (χ0v) is 13.6. The Kier molecular flexibility index (Phi) is 5.36. The summed E-state index contributed by atoms with van der Waals surface area (Å²) in [7, 11) is -3.97. The predicted molar refractivity (Wildman–Crippen MR) is 87.1 cm³/mol. The lowest BCUT2D eigenvalue weighted by molar-refractivity contribution is 0.552. The first-order valence-electron chi connectivity index (χ1n) is 6.02. The molecule has 0 aromatic heterocycles. The summed E-state index contributed by atoms with van der Waals surface area (Å²) in [5.41, 5.74) is 0.771. The average Bonchev–Trinajstić information content (AvgIpc) is 2.49. The van der Waals surface area contributed by atoms with Crippen LogP contribution in [-0.4, -0.2) is 12.6 Å². The van der Waals surface area contributed by atoms with Crippen LogP contribution in [0.25, 0.3) is 6.08 Å². The standard InChI is InChI=1S/C14H12ClNO4S2/c1-2-11-7-9-12(10-8-11)22(18,19)16-21(17)20-14-6-4-3-5-13(14)15/h2-10,16H,1H2. The fourth-order valence-electron chi connectivity index (χ4n) is 1.53. The van der Waals surface area contributed by atoms with Gasteiger partial charge in [0.25, 0.3) is 10.0 Å². The SMILES string of the molecule is C=Cc1ccc(S(=O)(=O)NS(=O)Oc2ccccc2Cl)cc1. The van der Waals surface area contributed by atoms with Gasteiger partial charge in [0, 0.05) is 0 Å². The maximum absolute atomic E-state index is 12.1. The Morgan fingerprint density at radius 2 is 1.77 bits per heavy atom. The summed E-state index contributed by atoms with van der Waals surface area (Å²) in [6, 6.07) is 12.2. The summed E-state index contributed by atoms with van der Waals surface area (Å²) >= 11 is 3.54. The number of nitrogens with one attached hydrogen (secondary N) is 1. The molecule has 22 heavy (non-hydrogen) atoms. The zero-order chi connectivity index (χ0) is 16.2. The summed E-state index contributed by atoms with van der Waals surface area (Å²) in [4.78, 5) is -0.0331. The van der Waals surface area contributed by atoms with Gasteiger partial charge in [-0.15, -0.1) is 0 Å². The van der Waals surface area contributed by atoms with Crippen LogP contribution in [0.2, 0.25) is 5.02 Å². The van der Waals surface area contributed by atoms with Crippen molar-refractivity contribution >= 4 is 39.0 Å². The molecule has 0 spiro atoms. The minimum absolute atomic E-state index is 0.0331. The van der Waals surface area contributed by atoms with E-state index in [4.69, 9.17) is 15.8 Å². The van der Waals surface area contributed by atoms with Crippen LogP contribution in [0.15, 0.2) is 60.0 Å². The molecular formula is C14H12ClNO4S2. The molecule has 0 saturated carbocycles. The highest BCUT2D eigenvalue weighted by atomic mass is 35.5. The van der Waals surface area contributed by atoms with Crippen molar-refractivity contribution in [3.05, 3.63) is 65.7 Å². The average molecular weight is 358 g/mol. The third-order valence-electron chi connectivity index (χ3n) is 2.61. The van der Waals surface area contributed by atoms with E-state index in [-0.39, 0.29) is 15.7 Å². The molecule has 2 aromatic carbocycles. The molecule has 0 heterocycles. The Labute approximate surface area is 136 Å². The minimum Gasteiger partial charge on any atom is -0.387 e. The van der Waals surface area contributed by atoms with Crippen molar-refractivity contribution in [3.63, 3.8) is 0 Å². The van der Waals surface area contributed by atoms with E-state index in [0.29, 0.717) is 0 Å². The van der Waals surface area contributed by atoms with Crippen molar-refractivity contribution < 1.29 is 16.8 Å². The van der Waals surface area contributed by atoms with Crippen LogP contribution >= 0.6 is 11.6 Å². The number of halogens is 1. The number of rotatable bonds is 6. The van der Waals surface area contributed by atoms with Crippen molar-refractivity contribution in [1.29, 1.82) is 0 Å². The summed E-state index contributed by atoms with van der Waals surface area (Å²) < 4.78 is 42.9. The quantitative estimate of drug-likeness (QED) is 0.862. The number of para-hydroxylation sites is 1. The molecule has 5 nitrogen and oxygen atoms in total. The van der Waals surface area contributed by atoms with Crippen LogP contribution in [0.5, 0.6) is 5.75 Å². The Balaban J connectivity index is 2.12. The molecule has 0 fully saturated rings. The molecule has 2 aromatic rings. The summed E-state index contributed by atoms with van der Waals surface area (Å²) in [5.74, 6) is 0.118. The second kappa shape index (κ2) is 7.06.